The number of carbonyl (C=O) groups is 1. The maximum absolute atomic E-state index is 13.3. The third kappa shape index (κ3) is 4.39. The van der Waals surface area contributed by atoms with Gasteiger partial charge in [-0.1, -0.05) is 41.9 Å². The van der Waals surface area contributed by atoms with Crippen molar-refractivity contribution in [3.63, 3.8) is 0 Å². The number of carbonyl (C=O) groups excluding carboxylic acids is 1. The van der Waals surface area contributed by atoms with Crippen molar-refractivity contribution < 1.29 is 9.18 Å². The first-order valence-corrected chi connectivity index (χ1v) is 8.93. The van der Waals surface area contributed by atoms with Gasteiger partial charge in [0.2, 0.25) is 5.91 Å². The van der Waals surface area contributed by atoms with Crippen LogP contribution < -0.4 is 0 Å². The molecule has 5 heteroatoms. The number of amides is 1. The maximum Gasteiger partial charge on any atom is 0.227 e. The van der Waals surface area contributed by atoms with E-state index in [-0.39, 0.29) is 24.2 Å². The van der Waals surface area contributed by atoms with Crippen LogP contribution in [0.5, 0.6) is 0 Å². The van der Waals surface area contributed by atoms with Gasteiger partial charge in [0, 0.05) is 37.2 Å². The molecule has 1 heterocycles. The predicted octanol–water partition coefficient (Wildman–Crippen LogP) is 3.93. The quantitative estimate of drug-likeness (QED) is 0.824. The fraction of sp³-hybridized carbons (Fsp3) is 0.350. The van der Waals surface area contributed by atoms with Gasteiger partial charge in [-0.3, -0.25) is 9.69 Å². The van der Waals surface area contributed by atoms with Crippen LogP contribution in [0, 0.1) is 5.82 Å². The lowest BCUT2D eigenvalue weighted by Gasteiger charge is -2.38. The number of rotatable bonds is 4. The molecule has 1 aliphatic rings. The fourth-order valence-electron chi connectivity index (χ4n) is 3.30. The molecule has 1 saturated heterocycles. The Balaban J connectivity index is 1.56. The van der Waals surface area contributed by atoms with Gasteiger partial charge in [-0.2, -0.15) is 0 Å². The number of benzene rings is 2. The zero-order chi connectivity index (χ0) is 17.8. The zero-order valence-electron chi connectivity index (χ0n) is 14.3. The highest BCUT2D eigenvalue weighted by molar-refractivity contribution is 6.31. The molecule has 2 aromatic carbocycles. The summed E-state index contributed by atoms with van der Waals surface area (Å²) in [5.41, 5.74) is 1.83. The third-order valence-corrected chi connectivity index (χ3v) is 5.16. The number of hydrogen-bond acceptors (Lipinski definition) is 2. The van der Waals surface area contributed by atoms with E-state index in [1.807, 2.05) is 23.1 Å². The monoisotopic (exact) mass is 360 g/mol. The molecule has 1 unspecified atom stereocenters. The van der Waals surface area contributed by atoms with Crippen molar-refractivity contribution in [2.45, 2.75) is 19.4 Å². The molecule has 2 aromatic rings. The van der Waals surface area contributed by atoms with E-state index in [4.69, 9.17) is 11.6 Å². The second-order valence-electron chi connectivity index (χ2n) is 6.42. The van der Waals surface area contributed by atoms with Crippen molar-refractivity contribution in [3.05, 3.63) is 70.5 Å². The highest BCUT2D eigenvalue weighted by Crippen LogP contribution is 2.27. The molecule has 132 valence electrons. The van der Waals surface area contributed by atoms with Crippen molar-refractivity contribution in [1.82, 2.24) is 9.80 Å². The average molecular weight is 361 g/mol. The SMILES string of the molecule is CC(c1ccccc1Cl)N1CCN(C(=O)Cc2cccc(F)c2)CC1. The second-order valence-corrected chi connectivity index (χ2v) is 6.83. The number of nitrogens with zero attached hydrogens (tertiary/aromatic N) is 2. The molecule has 0 spiro atoms. The summed E-state index contributed by atoms with van der Waals surface area (Å²) in [6, 6.07) is 14.3. The Bertz CT molecular complexity index is 744. The molecule has 0 bridgehead atoms. The Hall–Kier alpha value is -1.91. The van der Waals surface area contributed by atoms with Crippen molar-refractivity contribution in [3.8, 4) is 0 Å². The number of piperazine rings is 1. The minimum atomic E-state index is -0.302. The molecule has 0 N–H and O–H groups in total. The van der Waals surface area contributed by atoms with Crippen molar-refractivity contribution in [1.29, 1.82) is 0 Å². The van der Waals surface area contributed by atoms with E-state index in [0.29, 0.717) is 13.1 Å². The van der Waals surface area contributed by atoms with Gasteiger partial charge in [-0.05, 0) is 36.2 Å². The summed E-state index contributed by atoms with van der Waals surface area (Å²) in [5.74, 6) is -0.251. The van der Waals surface area contributed by atoms with E-state index >= 15 is 0 Å². The van der Waals surface area contributed by atoms with Crippen LogP contribution in [-0.2, 0) is 11.2 Å². The van der Waals surface area contributed by atoms with Crippen LogP contribution in [0.3, 0.4) is 0 Å². The molecule has 1 atom stereocenters. The molecular formula is C20H22ClFN2O. The highest BCUT2D eigenvalue weighted by Gasteiger charge is 2.25. The first kappa shape index (κ1) is 17.9. The molecule has 0 saturated carbocycles. The van der Waals surface area contributed by atoms with Crippen LogP contribution >= 0.6 is 11.6 Å². The lowest BCUT2D eigenvalue weighted by atomic mass is 10.1. The standard InChI is InChI=1S/C20H22ClFN2O/c1-15(18-7-2-3-8-19(18)21)23-9-11-24(12-10-23)20(25)14-16-5-4-6-17(22)13-16/h2-8,13,15H,9-12,14H2,1H3. The smallest absolute Gasteiger partial charge is 0.227 e. The summed E-state index contributed by atoms with van der Waals surface area (Å²) >= 11 is 6.30. The molecule has 3 nitrogen and oxygen atoms in total. The van der Waals surface area contributed by atoms with Gasteiger partial charge in [-0.25, -0.2) is 4.39 Å². The van der Waals surface area contributed by atoms with E-state index in [1.165, 1.54) is 12.1 Å². The molecule has 3 rings (SSSR count). The Morgan fingerprint density at radius 1 is 1.12 bits per heavy atom. The molecule has 1 amide bonds. The van der Waals surface area contributed by atoms with E-state index in [9.17, 15) is 9.18 Å². The average Bonchev–Trinajstić information content (AvgIpc) is 2.62. The van der Waals surface area contributed by atoms with Crippen molar-refractivity contribution >= 4 is 17.5 Å². The second kappa shape index (κ2) is 7.98. The van der Waals surface area contributed by atoms with Crippen LogP contribution in [0.2, 0.25) is 5.02 Å². The van der Waals surface area contributed by atoms with E-state index < -0.39 is 0 Å². The number of halogens is 2. The van der Waals surface area contributed by atoms with Gasteiger partial charge < -0.3 is 4.90 Å². The van der Waals surface area contributed by atoms with Crippen LogP contribution in [0.1, 0.15) is 24.1 Å². The van der Waals surface area contributed by atoms with Crippen LogP contribution in [-0.4, -0.2) is 41.9 Å². The first-order valence-electron chi connectivity index (χ1n) is 8.55. The van der Waals surface area contributed by atoms with Gasteiger partial charge in [0.05, 0.1) is 6.42 Å². The summed E-state index contributed by atoms with van der Waals surface area (Å²) in [7, 11) is 0. The molecular weight excluding hydrogens is 339 g/mol. The zero-order valence-corrected chi connectivity index (χ0v) is 15.0. The van der Waals surface area contributed by atoms with Gasteiger partial charge >= 0.3 is 0 Å². The summed E-state index contributed by atoms with van der Waals surface area (Å²) in [6.45, 7) is 5.12. The summed E-state index contributed by atoms with van der Waals surface area (Å²) in [5, 5.41) is 0.777. The lowest BCUT2D eigenvalue weighted by molar-refractivity contribution is -0.132. The number of hydrogen-bond donors (Lipinski definition) is 0. The highest BCUT2D eigenvalue weighted by atomic mass is 35.5. The molecule has 0 radical (unpaired) electrons. The van der Waals surface area contributed by atoms with Gasteiger partial charge in [0.25, 0.3) is 0 Å². The van der Waals surface area contributed by atoms with Gasteiger partial charge in [0.1, 0.15) is 5.82 Å². The summed E-state index contributed by atoms with van der Waals surface area (Å²) < 4.78 is 13.3. The first-order chi connectivity index (χ1) is 12.0. The minimum Gasteiger partial charge on any atom is -0.340 e. The topological polar surface area (TPSA) is 23.6 Å². The fourth-order valence-corrected chi connectivity index (χ4v) is 3.60. The lowest BCUT2D eigenvalue weighted by Crippen LogP contribution is -2.49. The minimum absolute atomic E-state index is 0.0515. The third-order valence-electron chi connectivity index (χ3n) is 4.81. The molecule has 1 aliphatic heterocycles. The van der Waals surface area contributed by atoms with Gasteiger partial charge in [0.15, 0.2) is 0 Å². The normalized spacial score (nSPS) is 16.7. The van der Waals surface area contributed by atoms with E-state index in [2.05, 4.69) is 17.9 Å². The largest absolute Gasteiger partial charge is 0.340 e. The predicted molar refractivity (Wildman–Crippen MR) is 98.1 cm³/mol. The molecule has 1 fully saturated rings. The Morgan fingerprint density at radius 3 is 2.52 bits per heavy atom. The maximum atomic E-state index is 13.3. The van der Waals surface area contributed by atoms with Crippen LogP contribution in [0.25, 0.3) is 0 Å². The Morgan fingerprint density at radius 2 is 1.84 bits per heavy atom. The van der Waals surface area contributed by atoms with Crippen LogP contribution in [0.15, 0.2) is 48.5 Å². The van der Waals surface area contributed by atoms with E-state index in [0.717, 1.165) is 29.2 Å². The van der Waals surface area contributed by atoms with Gasteiger partial charge in [-0.15, -0.1) is 0 Å². The molecule has 0 aromatic heterocycles. The van der Waals surface area contributed by atoms with E-state index in [1.54, 1.807) is 12.1 Å². The Kier molecular flexibility index (Phi) is 5.71. The van der Waals surface area contributed by atoms with Crippen molar-refractivity contribution in [2.75, 3.05) is 26.2 Å². The van der Waals surface area contributed by atoms with Crippen LogP contribution in [0.4, 0.5) is 4.39 Å². The summed E-state index contributed by atoms with van der Waals surface area (Å²) in [6.07, 6.45) is 0.248. The summed E-state index contributed by atoms with van der Waals surface area (Å²) in [4.78, 5) is 16.6. The molecule has 0 aliphatic carbocycles. The van der Waals surface area contributed by atoms with Crippen molar-refractivity contribution in [2.24, 2.45) is 0 Å². The Labute approximate surface area is 153 Å². The molecule has 25 heavy (non-hydrogen) atoms.